The quantitative estimate of drug-likeness (QED) is 0.536. The molecule has 0 aliphatic carbocycles. The van der Waals surface area contributed by atoms with E-state index in [0.29, 0.717) is 0 Å². The lowest BCUT2D eigenvalue weighted by molar-refractivity contribution is -0.120. The zero-order valence-corrected chi connectivity index (χ0v) is 9.92. The predicted octanol–water partition coefficient (Wildman–Crippen LogP) is 1.05. The van der Waals surface area contributed by atoms with E-state index in [0.717, 1.165) is 45.4 Å². The van der Waals surface area contributed by atoms with Crippen LogP contribution in [0.3, 0.4) is 0 Å². The van der Waals surface area contributed by atoms with Gasteiger partial charge in [-0.2, -0.15) is 0 Å². The summed E-state index contributed by atoms with van der Waals surface area (Å²) >= 11 is 0. The van der Waals surface area contributed by atoms with E-state index in [4.69, 9.17) is 10.5 Å². The van der Waals surface area contributed by atoms with Gasteiger partial charge in [-0.15, -0.1) is 0 Å². The van der Waals surface area contributed by atoms with Gasteiger partial charge in [0.05, 0.1) is 6.04 Å². The maximum absolute atomic E-state index is 10.9. The topological polar surface area (TPSA) is 64.3 Å². The van der Waals surface area contributed by atoms with E-state index in [1.807, 2.05) is 6.92 Å². The number of hydrogen-bond donors (Lipinski definition) is 2. The zero-order chi connectivity index (χ0) is 11.5. The van der Waals surface area contributed by atoms with Gasteiger partial charge >= 0.3 is 0 Å². The highest BCUT2D eigenvalue weighted by atomic mass is 16.5. The van der Waals surface area contributed by atoms with E-state index >= 15 is 0 Å². The molecule has 1 amide bonds. The molecule has 0 aromatic heterocycles. The van der Waals surface area contributed by atoms with E-state index in [-0.39, 0.29) is 11.9 Å². The summed E-state index contributed by atoms with van der Waals surface area (Å²) in [7, 11) is 0. The summed E-state index contributed by atoms with van der Waals surface area (Å²) in [5.41, 5.74) is 5.19. The van der Waals surface area contributed by atoms with Crippen LogP contribution in [0.5, 0.6) is 0 Å². The molecule has 0 saturated carbocycles. The van der Waals surface area contributed by atoms with E-state index in [1.165, 1.54) is 0 Å². The Hall–Kier alpha value is -0.610. The second kappa shape index (κ2) is 9.93. The Morgan fingerprint density at radius 1 is 1.33 bits per heavy atom. The average molecular weight is 216 g/mol. The van der Waals surface area contributed by atoms with Crippen LogP contribution in [-0.4, -0.2) is 31.7 Å². The van der Waals surface area contributed by atoms with Gasteiger partial charge in [0.25, 0.3) is 0 Å². The average Bonchev–Trinajstić information content (AvgIpc) is 2.21. The first kappa shape index (κ1) is 14.4. The van der Waals surface area contributed by atoms with E-state index < -0.39 is 0 Å². The van der Waals surface area contributed by atoms with Gasteiger partial charge in [-0.25, -0.2) is 0 Å². The number of nitrogens with two attached hydrogens (primary N) is 1. The molecule has 0 aliphatic heterocycles. The van der Waals surface area contributed by atoms with Gasteiger partial charge in [0.2, 0.25) is 5.91 Å². The molecule has 1 unspecified atom stereocenters. The third-order valence-electron chi connectivity index (χ3n) is 2.25. The lowest BCUT2D eigenvalue weighted by atomic mass is 10.2. The number of carbonyl (C=O) groups excluding carboxylic acids is 1. The van der Waals surface area contributed by atoms with Crippen molar-refractivity contribution in [2.75, 3.05) is 19.8 Å². The smallest absolute Gasteiger partial charge is 0.234 e. The largest absolute Gasteiger partial charge is 0.381 e. The summed E-state index contributed by atoms with van der Waals surface area (Å²) in [4.78, 5) is 10.9. The van der Waals surface area contributed by atoms with Gasteiger partial charge in [-0.05, 0) is 25.8 Å². The van der Waals surface area contributed by atoms with E-state index in [9.17, 15) is 4.79 Å². The molecular formula is C11H24N2O2. The molecule has 0 aromatic carbocycles. The van der Waals surface area contributed by atoms with Crippen LogP contribution in [0.15, 0.2) is 0 Å². The van der Waals surface area contributed by atoms with E-state index in [1.54, 1.807) is 0 Å². The highest BCUT2D eigenvalue weighted by Crippen LogP contribution is 1.92. The molecule has 0 rings (SSSR count). The third-order valence-corrected chi connectivity index (χ3v) is 2.25. The van der Waals surface area contributed by atoms with Gasteiger partial charge in [-0.3, -0.25) is 4.79 Å². The Morgan fingerprint density at radius 3 is 2.53 bits per heavy atom. The van der Waals surface area contributed by atoms with Crippen LogP contribution in [0.1, 0.15) is 39.5 Å². The van der Waals surface area contributed by atoms with Crippen molar-refractivity contribution in [1.29, 1.82) is 0 Å². The molecule has 0 saturated heterocycles. The fourth-order valence-corrected chi connectivity index (χ4v) is 1.25. The second-order valence-electron chi connectivity index (χ2n) is 3.64. The maximum Gasteiger partial charge on any atom is 0.234 e. The van der Waals surface area contributed by atoms with Crippen LogP contribution in [0, 0.1) is 0 Å². The number of amides is 1. The molecular weight excluding hydrogens is 192 g/mol. The fraction of sp³-hybridized carbons (Fsp3) is 0.909. The first-order valence-corrected chi connectivity index (χ1v) is 5.82. The number of nitrogens with one attached hydrogen (secondary N) is 1. The van der Waals surface area contributed by atoms with Gasteiger partial charge in [0.1, 0.15) is 0 Å². The summed E-state index contributed by atoms with van der Waals surface area (Å²) in [5.74, 6) is -0.274. The van der Waals surface area contributed by atoms with Crippen molar-refractivity contribution in [2.45, 2.75) is 45.6 Å². The number of hydrogen-bond acceptors (Lipinski definition) is 3. The van der Waals surface area contributed by atoms with Crippen molar-refractivity contribution in [3.63, 3.8) is 0 Å². The number of ether oxygens (including phenoxy) is 1. The lowest BCUT2D eigenvalue weighted by Crippen LogP contribution is -2.41. The van der Waals surface area contributed by atoms with Crippen LogP contribution >= 0.6 is 0 Å². The Bertz CT molecular complexity index is 163. The fourth-order valence-electron chi connectivity index (χ4n) is 1.25. The third kappa shape index (κ3) is 8.39. The van der Waals surface area contributed by atoms with Crippen LogP contribution in [-0.2, 0) is 9.53 Å². The second-order valence-corrected chi connectivity index (χ2v) is 3.64. The van der Waals surface area contributed by atoms with Crippen molar-refractivity contribution in [3.05, 3.63) is 0 Å². The van der Waals surface area contributed by atoms with Crippen molar-refractivity contribution in [3.8, 4) is 0 Å². The van der Waals surface area contributed by atoms with Gasteiger partial charge in [0.15, 0.2) is 0 Å². The molecule has 0 radical (unpaired) electrons. The van der Waals surface area contributed by atoms with Crippen LogP contribution in [0.4, 0.5) is 0 Å². The van der Waals surface area contributed by atoms with Crippen molar-refractivity contribution < 1.29 is 9.53 Å². The van der Waals surface area contributed by atoms with Gasteiger partial charge < -0.3 is 15.8 Å². The molecule has 0 spiro atoms. The summed E-state index contributed by atoms with van der Waals surface area (Å²) in [6, 6.07) is -0.194. The molecule has 15 heavy (non-hydrogen) atoms. The molecule has 0 aliphatic rings. The monoisotopic (exact) mass is 216 g/mol. The van der Waals surface area contributed by atoms with Crippen molar-refractivity contribution >= 4 is 5.91 Å². The van der Waals surface area contributed by atoms with Crippen molar-refractivity contribution in [2.24, 2.45) is 5.73 Å². The molecule has 0 fully saturated rings. The summed E-state index contributed by atoms with van der Waals surface area (Å²) in [6.07, 6.45) is 3.95. The summed E-state index contributed by atoms with van der Waals surface area (Å²) in [5, 5.41) is 3.11. The standard InChI is InChI=1S/C11H24N2O2/c1-3-5-8-15-9-6-7-13-10(4-2)11(12)14/h10,13H,3-9H2,1-2H3,(H2,12,14). The number of unbranched alkanes of at least 4 members (excludes halogenated alkanes) is 1. The summed E-state index contributed by atoms with van der Waals surface area (Å²) < 4.78 is 5.39. The Kier molecular flexibility index (Phi) is 9.52. The zero-order valence-electron chi connectivity index (χ0n) is 9.92. The first-order chi connectivity index (χ1) is 7.22. The van der Waals surface area contributed by atoms with Crippen LogP contribution < -0.4 is 11.1 Å². The predicted molar refractivity (Wildman–Crippen MR) is 61.6 cm³/mol. The highest BCUT2D eigenvalue weighted by molar-refractivity contribution is 5.79. The maximum atomic E-state index is 10.9. The Labute approximate surface area is 92.6 Å². The van der Waals surface area contributed by atoms with Gasteiger partial charge in [-0.1, -0.05) is 20.3 Å². The molecule has 0 heterocycles. The molecule has 0 bridgehead atoms. The minimum absolute atomic E-state index is 0.194. The SMILES string of the molecule is CCCCOCCCNC(CC)C(N)=O. The molecule has 3 N–H and O–H groups in total. The first-order valence-electron chi connectivity index (χ1n) is 5.82. The minimum Gasteiger partial charge on any atom is -0.381 e. The number of primary amides is 1. The van der Waals surface area contributed by atoms with Crippen LogP contribution in [0.25, 0.3) is 0 Å². The molecule has 90 valence electrons. The van der Waals surface area contributed by atoms with Crippen molar-refractivity contribution in [1.82, 2.24) is 5.32 Å². The summed E-state index contributed by atoms with van der Waals surface area (Å²) in [6.45, 7) is 6.46. The Morgan fingerprint density at radius 2 is 2.00 bits per heavy atom. The van der Waals surface area contributed by atoms with Gasteiger partial charge in [0, 0.05) is 13.2 Å². The normalized spacial score (nSPS) is 12.7. The molecule has 0 aromatic rings. The van der Waals surface area contributed by atoms with Crippen LogP contribution in [0.2, 0.25) is 0 Å². The minimum atomic E-state index is -0.274. The Balaban J connectivity index is 3.25. The number of rotatable bonds is 10. The lowest BCUT2D eigenvalue weighted by Gasteiger charge is -2.12. The molecule has 4 nitrogen and oxygen atoms in total. The van der Waals surface area contributed by atoms with E-state index in [2.05, 4.69) is 12.2 Å². The molecule has 1 atom stereocenters. The number of carbonyl (C=O) groups is 1. The molecule has 4 heteroatoms. The highest BCUT2D eigenvalue weighted by Gasteiger charge is 2.10.